The molecule has 166 valence electrons. The molecule has 0 spiro atoms. The Labute approximate surface area is 171 Å². The molecule has 1 fully saturated rings. The van der Waals surface area contributed by atoms with Crippen molar-refractivity contribution in [3.8, 4) is 0 Å². The maximum Gasteiger partial charge on any atom is 0.317 e. The van der Waals surface area contributed by atoms with Gasteiger partial charge in [-0.3, -0.25) is 29.1 Å². The van der Waals surface area contributed by atoms with E-state index in [0.29, 0.717) is 58.6 Å². The van der Waals surface area contributed by atoms with Gasteiger partial charge < -0.3 is 25.2 Å². The second-order valence-electron chi connectivity index (χ2n) is 7.02. The SMILES string of the molecule is CCN1CCN(CC(=O)O)CCN(CC(=O)O)CCN(CC(=O)NCC=O)CC1. The Balaban J connectivity index is 2.82. The summed E-state index contributed by atoms with van der Waals surface area (Å²) in [5.41, 5.74) is 0. The maximum absolute atomic E-state index is 12.0. The second-order valence-corrected chi connectivity index (χ2v) is 7.02. The lowest BCUT2D eigenvalue weighted by molar-refractivity contribution is -0.140. The summed E-state index contributed by atoms with van der Waals surface area (Å²) in [5, 5.41) is 20.8. The maximum atomic E-state index is 12.0. The Morgan fingerprint density at radius 3 is 1.48 bits per heavy atom. The summed E-state index contributed by atoms with van der Waals surface area (Å²) in [6.45, 7) is 7.12. The molecule has 1 aliphatic heterocycles. The Hall–Kier alpha value is -2.08. The van der Waals surface area contributed by atoms with E-state index in [1.165, 1.54) is 0 Å². The number of carboxylic acid groups (broad SMARTS) is 2. The van der Waals surface area contributed by atoms with Crippen LogP contribution < -0.4 is 5.32 Å². The molecule has 0 unspecified atom stereocenters. The van der Waals surface area contributed by atoms with Crippen LogP contribution in [0.15, 0.2) is 0 Å². The highest BCUT2D eigenvalue weighted by atomic mass is 16.4. The first-order valence-electron chi connectivity index (χ1n) is 9.87. The van der Waals surface area contributed by atoms with Gasteiger partial charge in [0.25, 0.3) is 0 Å². The van der Waals surface area contributed by atoms with E-state index in [4.69, 9.17) is 5.11 Å². The summed E-state index contributed by atoms with van der Waals surface area (Å²) in [6.07, 6.45) is 0.629. The zero-order valence-electron chi connectivity index (χ0n) is 17.1. The highest BCUT2D eigenvalue weighted by Crippen LogP contribution is 2.01. The van der Waals surface area contributed by atoms with Crippen LogP contribution in [0.4, 0.5) is 0 Å². The van der Waals surface area contributed by atoms with E-state index >= 15 is 0 Å². The third-order valence-electron chi connectivity index (χ3n) is 4.84. The highest BCUT2D eigenvalue weighted by molar-refractivity contribution is 5.80. The number of hydrogen-bond acceptors (Lipinski definition) is 8. The molecule has 0 aliphatic carbocycles. The fourth-order valence-corrected chi connectivity index (χ4v) is 3.17. The second kappa shape index (κ2) is 14.0. The summed E-state index contributed by atoms with van der Waals surface area (Å²) >= 11 is 0. The van der Waals surface area contributed by atoms with Crippen molar-refractivity contribution in [2.45, 2.75) is 6.92 Å². The van der Waals surface area contributed by atoms with Crippen molar-refractivity contribution in [1.82, 2.24) is 24.9 Å². The van der Waals surface area contributed by atoms with E-state index in [9.17, 15) is 24.3 Å². The standard InChI is InChI=1S/C18H33N5O6/c1-2-20-4-6-21(13-16(25)19-3-12-24)8-9-23(15-18(28)29)11-10-22(7-5-20)14-17(26)27/h12H,2-11,13-15H2,1H3,(H,19,25)(H,26,27)(H,28,29). The number of carboxylic acids is 2. The number of aliphatic carboxylic acids is 2. The zero-order valence-corrected chi connectivity index (χ0v) is 17.1. The summed E-state index contributed by atoms with van der Waals surface area (Å²) in [7, 11) is 0. The lowest BCUT2D eigenvalue weighted by atomic mass is 10.3. The molecule has 0 aromatic carbocycles. The Morgan fingerprint density at radius 1 is 0.759 bits per heavy atom. The Bertz CT molecular complexity index is 547. The van der Waals surface area contributed by atoms with Crippen LogP contribution in [0.2, 0.25) is 0 Å². The van der Waals surface area contributed by atoms with Crippen molar-refractivity contribution < 1.29 is 29.4 Å². The van der Waals surface area contributed by atoms with Crippen LogP contribution in [0.3, 0.4) is 0 Å². The molecule has 1 rings (SSSR count). The molecule has 0 saturated carbocycles. The van der Waals surface area contributed by atoms with E-state index in [1.807, 2.05) is 16.7 Å². The topological polar surface area (TPSA) is 134 Å². The van der Waals surface area contributed by atoms with Crippen LogP contribution in [-0.4, -0.2) is 139 Å². The highest BCUT2D eigenvalue weighted by Gasteiger charge is 2.19. The minimum atomic E-state index is -0.950. The summed E-state index contributed by atoms with van der Waals surface area (Å²) in [4.78, 5) is 52.5. The molecule has 29 heavy (non-hydrogen) atoms. The number of hydrogen-bond donors (Lipinski definition) is 3. The number of rotatable bonds is 9. The average molecular weight is 415 g/mol. The molecule has 3 N–H and O–H groups in total. The zero-order chi connectivity index (χ0) is 21.6. The van der Waals surface area contributed by atoms with E-state index in [1.54, 1.807) is 4.90 Å². The van der Waals surface area contributed by atoms with Gasteiger partial charge >= 0.3 is 11.9 Å². The van der Waals surface area contributed by atoms with Crippen molar-refractivity contribution in [2.75, 3.05) is 85.1 Å². The van der Waals surface area contributed by atoms with Gasteiger partial charge in [0.1, 0.15) is 6.29 Å². The van der Waals surface area contributed by atoms with Crippen molar-refractivity contribution in [3.63, 3.8) is 0 Å². The molecule has 0 aromatic heterocycles. The van der Waals surface area contributed by atoms with Gasteiger partial charge in [0.15, 0.2) is 0 Å². The molecular weight excluding hydrogens is 382 g/mol. The molecule has 11 nitrogen and oxygen atoms in total. The molecule has 0 aromatic rings. The number of carbonyl (C=O) groups is 4. The molecule has 0 bridgehead atoms. The van der Waals surface area contributed by atoms with E-state index < -0.39 is 11.9 Å². The van der Waals surface area contributed by atoms with Crippen LogP contribution in [-0.2, 0) is 19.2 Å². The Morgan fingerprint density at radius 2 is 1.14 bits per heavy atom. The van der Waals surface area contributed by atoms with Gasteiger partial charge in [-0.05, 0) is 6.54 Å². The fraction of sp³-hybridized carbons (Fsp3) is 0.778. The van der Waals surface area contributed by atoms with Gasteiger partial charge in [0.05, 0.1) is 26.2 Å². The van der Waals surface area contributed by atoms with Gasteiger partial charge in [-0.25, -0.2) is 0 Å². The van der Waals surface area contributed by atoms with Crippen molar-refractivity contribution in [1.29, 1.82) is 0 Å². The number of nitrogens with one attached hydrogen (secondary N) is 1. The number of nitrogens with zero attached hydrogens (tertiary/aromatic N) is 4. The molecule has 1 saturated heterocycles. The smallest absolute Gasteiger partial charge is 0.317 e. The third kappa shape index (κ3) is 11.5. The summed E-state index contributed by atoms with van der Waals surface area (Å²) in [6, 6.07) is 0. The normalized spacial score (nSPS) is 19.1. The van der Waals surface area contributed by atoms with Crippen molar-refractivity contribution >= 4 is 24.1 Å². The molecule has 1 aliphatic rings. The van der Waals surface area contributed by atoms with Crippen molar-refractivity contribution in [2.24, 2.45) is 0 Å². The fourth-order valence-electron chi connectivity index (χ4n) is 3.17. The molecule has 0 radical (unpaired) electrons. The molecule has 1 amide bonds. The molecule has 0 atom stereocenters. The average Bonchev–Trinajstić information content (AvgIpc) is 2.65. The summed E-state index contributed by atoms with van der Waals surface area (Å²) in [5.74, 6) is -2.10. The first-order chi connectivity index (χ1) is 13.8. The first-order valence-corrected chi connectivity index (χ1v) is 9.87. The summed E-state index contributed by atoms with van der Waals surface area (Å²) < 4.78 is 0. The molecule has 11 heteroatoms. The minimum absolute atomic E-state index is 0.0295. The number of aldehydes is 1. The third-order valence-corrected chi connectivity index (χ3v) is 4.84. The number of likely N-dealkylation sites (N-methyl/N-ethyl adjacent to an activating group) is 1. The monoisotopic (exact) mass is 415 g/mol. The quantitative estimate of drug-likeness (QED) is 0.353. The van der Waals surface area contributed by atoms with Gasteiger partial charge in [-0.15, -0.1) is 0 Å². The molecule has 1 heterocycles. The van der Waals surface area contributed by atoms with Gasteiger partial charge in [-0.1, -0.05) is 6.92 Å². The van der Waals surface area contributed by atoms with Crippen LogP contribution in [0.25, 0.3) is 0 Å². The largest absolute Gasteiger partial charge is 0.480 e. The number of carbonyl (C=O) groups excluding carboxylic acids is 2. The van der Waals surface area contributed by atoms with Gasteiger partial charge in [-0.2, -0.15) is 0 Å². The predicted molar refractivity (Wildman–Crippen MR) is 106 cm³/mol. The number of amides is 1. The predicted octanol–water partition coefficient (Wildman–Crippen LogP) is -2.29. The van der Waals surface area contributed by atoms with E-state index in [2.05, 4.69) is 10.2 Å². The van der Waals surface area contributed by atoms with Crippen molar-refractivity contribution in [3.05, 3.63) is 0 Å². The van der Waals surface area contributed by atoms with E-state index in [0.717, 1.165) is 6.54 Å². The van der Waals surface area contributed by atoms with Crippen LogP contribution >= 0.6 is 0 Å². The van der Waals surface area contributed by atoms with Crippen LogP contribution in [0.5, 0.6) is 0 Å². The van der Waals surface area contributed by atoms with Gasteiger partial charge in [0, 0.05) is 52.4 Å². The minimum Gasteiger partial charge on any atom is -0.480 e. The van der Waals surface area contributed by atoms with Gasteiger partial charge in [0.2, 0.25) is 5.91 Å². The lowest BCUT2D eigenvalue weighted by Gasteiger charge is -2.33. The molecular formula is C18H33N5O6. The lowest BCUT2D eigenvalue weighted by Crippen LogP contribution is -2.49. The van der Waals surface area contributed by atoms with Crippen LogP contribution in [0, 0.1) is 0 Å². The van der Waals surface area contributed by atoms with Crippen LogP contribution in [0.1, 0.15) is 6.92 Å². The first kappa shape index (κ1) is 25.0. The van der Waals surface area contributed by atoms with E-state index in [-0.39, 0.29) is 32.1 Å². The Kier molecular flexibility index (Phi) is 12.0.